The third-order valence-electron chi connectivity index (χ3n) is 18.7. The van der Waals surface area contributed by atoms with Crippen LogP contribution in [-0.4, -0.2) is 187 Å². The van der Waals surface area contributed by atoms with E-state index in [-0.39, 0.29) is 55.2 Å². The lowest BCUT2D eigenvalue weighted by Gasteiger charge is -2.37. The number of Topliss-reactive ketones (excluding diaryl/α,β-unsaturated/α-hetero) is 2. The minimum absolute atomic E-state index is 0.00803. The Kier molecular flexibility index (Phi) is 26.8. The summed E-state index contributed by atoms with van der Waals surface area (Å²) in [4.78, 5) is 179. The van der Waals surface area contributed by atoms with Crippen LogP contribution in [0.4, 0.5) is 22.0 Å². The van der Waals surface area contributed by atoms with Crippen molar-refractivity contribution >= 4 is 70.6 Å². The molecule has 4 heterocycles. The van der Waals surface area contributed by atoms with Crippen molar-refractivity contribution in [3.05, 3.63) is 84.5 Å². The third kappa shape index (κ3) is 20.1. The Morgan fingerprint density at radius 1 is 0.525 bits per heavy atom. The second kappa shape index (κ2) is 34.2. The second-order valence-corrected chi connectivity index (χ2v) is 28.2. The van der Waals surface area contributed by atoms with E-state index in [2.05, 4.69) is 62.5 Å². The summed E-state index contributed by atoms with van der Waals surface area (Å²) in [5, 5.41) is 20.4. The van der Waals surface area contributed by atoms with Crippen LogP contribution in [0.15, 0.2) is 67.5 Å². The SMILES string of the molecule is CC(C)C(NC(=O)[C@H](NC(=O)c1cnccn1)C(C)C)C(=O)N1C[C@H]2[C@H](CC[C@@H]2F)C1C(=O)NC(CC(F)F)C(=O)C(=O)NC1CC1.CC(C)[C@@H](NC(=O)c1cnccn1)C(=O)NC(C(=O)N1C[C@@H]2CCC[C@@H]2C1C(=O)NC(CC(F)F)C(=O)C(=O)N[C@@H](C)c1ccccc1)C(C)(C)C. The molecule has 99 heavy (non-hydrogen) atoms. The molecule has 2 aromatic heterocycles. The molecule has 8 rings (SSSR count). The number of carbonyl (C=O) groups is 12. The van der Waals surface area contributed by atoms with Gasteiger partial charge in [0.25, 0.3) is 23.6 Å². The van der Waals surface area contributed by atoms with Gasteiger partial charge in [0.1, 0.15) is 65.9 Å². The number of amides is 10. The average molecular weight is 1390 g/mol. The van der Waals surface area contributed by atoms with Crippen LogP contribution in [-0.2, 0) is 47.9 Å². The predicted molar refractivity (Wildman–Crippen MR) is 347 cm³/mol. The number of aromatic nitrogens is 4. The van der Waals surface area contributed by atoms with E-state index in [1.807, 2.05) is 0 Å². The minimum atomic E-state index is -3.03. The van der Waals surface area contributed by atoms with Gasteiger partial charge in [-0.05, 0) is 91.9 Å². The molecule has 6 unspecified atom stereocenters. The molecule has 3 saturated carbocycles. The zero-order chi connectivity index (χ0) is 72.9. The molecule has 14 atom stereocenters. The normalized spacial score (nSPS) is 22.3. The highest BCUT2D eigenvalue weighted by Gasteiger charge is 2.56. The van der Waals surface area contributed by atoms with E-state index in [4.69, 9.17) is 0 Å². The van der Waals surface area contributed by atoms with Gasteiger partial charge in [0.05, 0.1) is 18.4 Å². The highest BCUT2D eigenvalue weighted by Crippen LogP contribution is 2.45. The van der Waals surface area contributed by atoms with E-state index in [1.54, 1.807) is 99.6 Å². The zero-order valence-electron chi connectivity index (χ0n) is 57.1. The number of likely N-dealkylation sites (tertiary alicyclic amines) is 2. The summed E-state index contributed by atoms with van der Waals surface area (Å²) in [6.07, 6.45) is 2.14. The molecule has 5 aliphatic rings. The van der Waals surface area contributed by atoms with Crippen LogP contribution in [0, 0.1) is 46.8 Å². The van der Waals surface area contributed by atoms with E-state index >= 15 is 0 Å². The van der Waals surface area contributed by atoms with Gasteiger partial charge in [-0.15, -0.1) is 0 Å². The van der Waals surface area contributed by atoms with E-state index in [9.17, 15) is 79.5 Å². The van der Waals surface area contributed by atoms with E-state index in [1.165, 1.54) is 42.1 Å². The first-order valence-electron chi connectivity index (χ1n) is 33.6. The van der Waals surface area contributed by atoms with Gasteiger partial charge in [-0.3, -0.25) is 67.5 Å². The predicted octanol–water partition coefficient (Wildman–Crippen LogP) is 3.91. The molecule has 3 aromatic rings. The Bertz CT molecular complexity index is 3390. The van der Waals surface area contributed by atoms with Crippen molar-refractivity contribution in [2.75, 3.05) is 13.1 Å². The molecule has 1 aromatic carbocycles. The summed E-state index contributed by atoms with van der Waals surface area (Å²) >= 11 is 0. The van der Waals surface area contributed by atoms with Crippen LogP contribution in [0.3, 0.4) is 0 Å². The first kappa shape index (κ1) is 77.4. The van der Waals surface area contributed by atoms with Crippen LogP contribution in [0.5, 0.6) is 0 Å². The number of fused-ring (bicyclic) bond motifs is 2. The van der Waals surface area contributed by atoms with Gasteiger partial charge in [-0.2, -0.15) is 0 Å². The van der Waals surface area contributed by atoms with E-state index in [0.29, 0.717) is 24.8 Å². The smallest absolute Gasteiger partial charge is 0.290 e. The summed E-state index contributed by atoms with van der Waals surface area (Å²) < 4.78 is 69.5. The van der Waals surface area contributed by atoms with Crippen molar-refractivity contribution < 1.29 is 79.5 Å². The van der Waals surface area contributed by atoms with Crippen LogP contribution in [0.2, 0.25) is 0 Å². The van der Waals surface area contributed by atoms with Crippen molar-refractivity contribution in [2.24, 2.45) is 46.8 Å². The average Bonchev–Trinajstić information content (AvgIpc) is 1.62. The molecule has 31 heteroatoms. The molecule has 10 amide bonds. The summed E-state index contributed by atoms with van der Waals surface area (Å²) in [6, 6.07) is -2.74. The number of alkyl halides is 5. The van der Waals surface area contributed by atoms with Gasteiger partial charge < -0.3 is 52.3 Å². The summed E-state index contributed by atoms with van der Waals surface area (Å²) in [5.74, 6) is -13.4. The molecule has 0 radical (unpaired) electrons. The Labute approximate surface area is 571 Å². The van der Waals surface area contributed by atoms with Crippen molar-refractivity contribution in [3.8, 4) is 0 Å². The minimum Gasteiger partial charge on any atom is -0.347 e. The number of rotatable bonds is 28. The Balaban J connectivity index is 0.000000280. The molecule has 0 bridgehead atoms. The topological polar surface area (TPSA) is 359 Å². The number of hydrogen-bond acceptors (Lipinski definition) is 16. The third-order valence-corrected chi connectivity index (χ3v) is 18.7. The first-order valence-corrected chi connectivity index (χ1v) is 33.6. The largest absolute Gasteiger partial charge is 0.347 e. The number of hydrogen-bond donors (Lipinski definition) is 8. The van der Waals surface area contributed by atoms with Crippen molar-refractivity contribution in [1.29, 1.82) is 0 Å². The summed E-state index contributed by atoms with van der Waals surface area (Å²) in [6.45, 7) is 17.1. The van der Waals surface area contributed by atoms with Crippen LogP contribution in [0.25, 0.3) is 0 Å². The molecule has 540 valence electrons. The maximum atomic E-state index is 15.0. The summed E-state index contributed by atoms with van der Waals surface area (Å²) in [7, 11) is 0. The molecule has 0 spiro atoms. The second-order valence-electron chi connectivity index (χ2n) is 28.2. The van der Waals surface area contributed by atoms with Crippen LogP contribution in [0.1, 0.15) is 160 Å². The lowest BCUT2D eigenvalue weighted by molar-refractivity contribution is -0.146. The number of nitrogens with one attached hydrogen (secondary N) is 8. The fourth-order valence-electron chi connectivity index (χ4n) is 13.2. The van der Waals surface area contributed by atoms with E-state index in [0.717, 1.165) is 17.7 Å². The number of nitrogens with zero attached hydrogens (tertiary/aromatic N) is 6. The first-order chi connectivity index (χ1) is 46.7. The van der Waals surface area contributed by atoms with Gasteiger partial charge in [0.15, 0.2) is 0 Å². The van der Waals surface area contributed by atoms with Gasteiger partial charge in [-0.1, -0.05) is 99.1 Å². The molecule has 26 nitrogen and oxygen atoms in total. The molecule has 2 saturated heterocycles. The summed E-state index contributed by atoms with van der Waals surface area (Å²) in [5.41, 5.74) is -0.189. The van der Waals surface area contributed by atoms with Crippen molar-refractivity contribution in [2.45, 2.75) is 206 Å². The fraction of sp³-hybridized carbons (Fsp3) is 0.618. The highest BCUT2D eigenvalue weighted by atomic mass is 19.3. The van der Waals surface area contributed by atoms with Gasteiger partial charge in [0.2, 0.25) is 59.9 Å². The molecule has 5 fully saturated rings. The fourth-order valence-corrected chi connectivity index (χ4v) is 13.2. The van der Waals surface area contributed by atoms with Crippen molar-refractivity contribution in [1.82, 2.24) is 72.3 Å². The maximum absolute atomic E-state index is 15.0. The monoisotopic (exact) mass is 1390 g/mol. The highest BCUT2D eigenvalue weighted by molar-refractivity contribution is 6.39. The molecule has 8 N–H and O–H groups in total. The standard InChI is InChI=1S/C37H49F2N7O6.C31H42F3N7O6/c1-20(2)28(44-32(48)26-18-40-15-16-41-26)33(49)45-31(37(4,5)6)36(52)46-19-23-13-10-14-24(23)29(46)34(50)43-25(17-27(38)39)30(47)35(51)42-21(3)22-11-8-7-9-12-22;1-14(2)23(39-27(43)21-12-35-9-10-36-21)28(44)40-24(15(3)4)31(47)41-13-18-17(7-8-19(18)32)25(41)29(45)38-20(11-22(33)34)26(42)30(46)37-16-5-6-16/h7-9,11-12,15-16,18,20-21,23-25,27-29,31H,10,13-14,17,19H2,1-6H3,(H,42,51)(H,43,50)(H,44,48)(H,45,49);9-10,12,14-20,22-25H,5-8,11,13H2,1-4H3,(H,37,46)(H,38,45)(H,39,43)(H,40,44)/t21-,23-,24-,25?,28+,29?,31?;17-,18-,19-,20?,23+,24?,25?/m00/s1. The van der Waals surface area contributed by atoms with Crippen LogP contribution < -0.4 is 42.5 Å². The van der Waals surface area contributed by atoms with Gasteiger partial charge in [-0.25, -0.2) is 31.9 Å². The Hall–Kier alpha value is -8.93. The lowest BCUT2D eigenvalue weighted by Crippen LogP contribution is -2.62. The number of ketones is 2. The Morgan fingerprint density at radius 3 is 1.49 bits per heavy atom. The number of benzene rings is 1. The Morgan fingerprint density at radius 2 is 1.02 bits per heavy atom. The van der Waals surface area contributed by atoms with Crippen LogP contribution >= 0.6 is 0 Å². The zero-order valence-corrected chi connectivity index (χ0v) is 57.1. The maximum Gasteiger partial charge on any atom is 0.290 e. The van der Waals surface area contributed by atoms with Gasteiger partial charge >= 0.3 is 0 Å². The number of halogens is 5. The quantitative estimate of drug-likeness (QED) is 0.0377. The molecule has 2 aliphatic heterocycles. The lowest BCUT2D eigenvalue weighted by atomic mass is 9.85. The van der Waals surface area contributed by atoms with Gasteiger partial charge in [0, 0.05) is 62.7 Å². The molecular weight excluding hydrogens is 1300 g/mol. The molecule has 3 aliphatic carbocycles. The molecular formula is C68H91F5N14O12. The van der Waals surface area contributed by atoms with E-state index < -0.39 is 192 Å². The van der Waals surface area contributed by atoms with Crippen molar-refractivity contribution in [3.63, 3.8) is 0 Å². The number of carbonyl (C=O) groups excluding carboxylic acids is 12.